The Morgan fingerprint density at radius 1 is 1.11 bits per heavy atom. The number of hydrogen-bond donors (Lipinski definition) is 2. The van der Waals surface area contributed by atoms with Crippen molar-refractivity contribution in [2.24, 2.45) is 0 Å². The van der Waals surface area contributed by atoms with Gasteiger partial charge in [-0.05, 0) is 54.7 Å². The smallest absolute Gasteiger partial charge is 0.335 e. The molecule has 5 heteroatoms. The van der Waals surface area contributed by atoms with E-state index in [4.69, 9.17) is 9.84 Å². The standard InChI is InChI=1S/C22H25NO4/c1-27-19-9-5-8-18(15-19)22(11-2-3-12-22)21(26)23-13-10-16-6-4-7-17(14-16)20(24)25/h4-9,14-15H,2-3,10-13H2,1H3,(H,23,26)(H,24,25). The van der Waals surface area contributed by atoms with Gasteiger partial charge in [-0.3, -0.25) is 4.79 Å². The molecule has 0 bridgehead atoms. The van der Waals surface area contributed by atoms with Gasteiger partial charge in [-0.1, -0.05) is 37.1 Å². The van der Waals surface area contributed by atoms with E-state index in [2.05, 4.69) is 5.32 Å². The summed E-state index contributed by atoms with van der Waals surface area (Å²) in [6, 6.07) is 14.6. The summed E-state index contributed by atoms with van der Waals surface area (Å²) < 4.78 is 5.33. The first-order valence-electron chi connectivity index (χ1n) is 9.30. The molecule has 27 heavy (non-hydrogen) atoms. The lowest BCUT2D eigenvalue weighted by atomic mass is 9.78. The second-order valence-electron chi connectivity index (χ2n) is 7.03. The minimum atomic E-state index is -0.941. The van der Waals surface area contributed by atoms with E-state index in [9.17, 15) is 9.59 Å². The molecule has 0 heterocycles. The quantitative estimate of drug-likeness (QED) is 0.784. The molecule has 1 fully saturated rings. The highest BCUT2D eigenvalue weighted by molar-refractivity contribution is 5.89. The van der Waals surface area contributed by atoms with Gasteiger partial charge in [0.2, 0.25) is 5.91 Å². The number of amides is 1. The summed E-state index contributed by atoms with van der Waals surface area (Å²) in [5, 5.41) is 12.2. The molecular formula is C22H25NO4. The number of carboxylic acid groups (broad SMARTS) is 1. The third kappa shape index (κ3) is 4.13. The summed E-state index contributed by atoms with van der Waals surface area (Å²) >= 11 is 0. The van der Waals surface area contributed by atoms with Crippen molar-refractivity contribution in [2.45, 2.75) is 37.5 Å². The van der Waals surface area contributed by atoms with E-state index < -0.39 is 11.4 Å². The highest BCUT2D eigenvalue weighted by Gasteiger charge is 2.42. The number of hydrogen-bond acceptors (Lipinski definition) is 3. The number of aromatic carboxylic acids is 1. The normalized spacial score (nSPS) is 15.3. The molecular weight excluding hydrogens is 342 g/mol. The molecule has 1 aliphatic rings. The Bertz CT molecular complexity index is 825. The van der Waals surface area contributed by atoms with Gasteiger partial charge >= 0.3 is 5.97 Å². The molecule has 0 unspecified atom stereocenters. The van der Waals surface area contributed by atoms with Crippen LogP contribution in [-0.4, -0.2) is 30.6 Å². The largest absolute Gasteiger partial charge is 0.497 e. The van der Waals surface area contributed by atoms with E-state index in [0.717, 1.165) is 42.6 Å². The van der Waals surface area contributed by atoms with Gasteiger partial charge in [0.05, 0.1) is 18.1 Å². The first-order chi connectivity index (χ1) is 13.0. The average molecular weight is 367 g/mol. The molecule has 0 aromatic heterocycles. The third-order valence-corrected chi connectivity index (χ3v) is 5.39. The highest BCUT2D eigenvalue weighted by atomic mass is 16.5. The number of benzene rings is 2. The van der Waals surface area contributed by atoms with Crippen molar-refractivity contribution in [3.05, 3.63) is 65.2 Å². The van der Waals surface area contributed by atoms with E-state index >= 15 is 0 Å². The zero-order valence-corrected chi connectivity index (χ0v) is 15.5. The fraction of sp³-hybridized carbons (Fsp3) is 0.364. The number of rotatable bonds is 7. The maximum atomic E-state index is 13.1. The predicted molar refractivity (Wildman–Crippen MR) is 103 cm³/mol. The van der Waals surface area contributed by atoms with Crippen LogP contribution in [0, 0.1) is 0 Å². The third-order valence-electron chi connectivity index (χ3n) is 5.39. The Hall–Kier alpha value is -2.82. The molecule has 0 saturated heterocycles. The van der Waals surface area contributed by atoms with Crippen LogP contribution in [0.5, 0.6) is 5.75 Å². The Morgan fingerprint density at radius 2 is 1.85 bits per heavy atom. The molecule has 2 aromatic carbocycles. The molecule has 0 atom stereocenters. The Balaban J connectivity index is 1.69. The van der Waals surface area contributed by atoms with Gasteiger partial charge in [0.15, 0.2) is 0 Å². The number of carbonyl (C=O) groups excluding carboxylic acids is 1. The molecule has 0 radical (unpaired) electrons. The minimum absolute atomic E-state index is 0.0441. The Kier molecular flexibility index (Phi) is 5.79. The summed E-state index contributed by atoms with van der Waals surface area (Å²) in [5.74, 6) is -0.136. The van der Waals surface area contributed by atoms with Crippen LogP contribution in [-0.2, 0) is 16.6 Å². The van der Waals surface area contributed by atoms with E-state index in [1.54, 1.807) is 25.3 Å². The van der Waals surface area contributed by atoms with Crippen molar-refractivity contribution in [1.82, 2.24) is 5.32 Å². The summed E-state index contributed by atoms with van der Waals surface area (Å²) in [7, 11) is 1.63. The van der Waals surface area contributed by atoms with Crippen molar-refractivity contribution in [3.63, 3.8) is 0 Å². The Labute approximate surface area is 159 Å². The molecule has 142 valence electrons. The number of carboxylic acids is 1. The van der Waals surface area contributed by atoms with Crippen LogP contribution in [0.25, 0.3) is 0 Å². The van der Waals surface area contributed by atoms with Crippen molar-refractivity contribution < 1.29 is 19.4 Å². The topological polar surface area (TPSA) is 75.6 Å². The lowest BCUT2D eigenvalue weighted by molar-refractivity contribution is -0.126. The fourth-order valence-electron chi connectivity index (χ4n) is 3.90. The molecule has 0 spiro atoms. The zero-order chi connectivity index (χ0) is 19.3. The predicted octanol–water partition coefficient (Wildman–Crippen LogP) is 3.56. The van der Waals surface area contributed by atoms with Gasteiger partial charge in [-0.2, -0.15) is 0 Å². The van der Waals surface area contributed by atoms with Crippen LogP contribution in [0.3, 0.4) is 0 Å². The molecule has 0 aliphatic heterocycles. The van der Waals surface area contributed by atoms with Gasteiger partial charge in [-0.15, -0.1) is 0 Å². The van der Waals surface area contributed by atoms with Gasteiger partial charge in [0, 0.05) is 6.54 Å². The fourth-order valence-corrected chi connectivity index (χ4v) is 3.90. The highest BCUT2D eigenvalue weighted by Crippen LogP contribution is 2.42. The minimum Gasteiger partial charge on any atom is -0.497 e. The first-order valence-corrected chi connectivity index (χ1v) is 9.30. The monoisotopic (exact) mass is 367 g/mol. The van der Waals surface area contributed by atoms with Gasteiger partial charge in [-0.25, -0.2) is 4.79 Å². The molecule has 1 amide bonds. The number of nitrogens with one attached hydrogen (secondary N) is 1. The molecule has 2 aromatic rings. The average Bonchev–Trinajstić information content (AvgIpc) is 3.19. The van der Waals surface area contributed by atoms with E-state index in [-0.39, 0.29) is 11.5 Å². The SMILES string of the molecule is COc1cccc(C2(C(=O)NCCc3cccc(C(=O)O)c3)CCCC2)c1. The molecule has 5 nitrogen and oxygen atoms in total. The van der Waals surface area contributed by atoms with Gasteiger partial charge < -0.3 is 15.2 Å². The summed E-state index contributed by atoms with van der Waals surface area (Å²) in [6.45, 7) is 0.480. The summed E-state index contributed by atoms with van der Waals surface area (Å²) in [5.41, 5.74) is 1.67. The van der Waals surface area contributed by atoms with E-state index in [1.807, 2.05) is 30.3 Å². The van der Waals surface area contributed by atoms with Crippen molar-refractivity contribution >= 4 is 11.9 Å². The molecule has 3 rings (SSSR count). The summed E-state index contributed by atoms with van der Waals surface area (Å²) in [6.07, 6.45) is 4.33. The lowest BCUT2D eigenvalue weighted by Gasteiger charge is -2.28. The zero-order valence-electron chi connectivity index (χ0n) is 15.5. The van der Waals surface area contributed by atoms with Crippen molar-refractivity contribution in [3.8, 4) is 5.75 Å². The van der Waals surface area contributed by atoms with Crippen molar-refractivity contribution in [1.29, 1.82) is 0 Å². The van der Waals surface area contributed by atoms with E-state index in [1.165, 1.54) is 0 Å². The van der Waals surface area contributed by atoms with Gasteiger partial charge in [0.25, 0.3) is 0 Å². The number of ether oxygens (including phenoxy) is 1. The molecule has 1 saturated carbocycles. The maximum Gasteiger partial charge on any atom is 0.335 e. The molecule has 1 aliphatic carbocycles. The lowest BCUT2D eigenvalue weighted by Crippen LogP contribution is -2.43. The molecule has 2 N–H and O–H groups in total. The number of methoxy groups -OCH3 is 1. The summed E-state index contributed by atoms with van der Waals surface area (Å²) in [4.78, 5) is 24.2. The van der Waals surface area contributed by atoms with Crippen LogP contribution >= 0.6 is 0 Å². The van der Waals surface area contributed by atoms with Crippen LogP contribution in [0.2, 0.25) is 0 Å². The van der Waals surface area contributed by atoms with E-state index in [0.29, 0.717) is 13.0 Å². The van der Waals surface area contributed by atoms with Crippen LogP contribution in [0.4, 0.5) is 0 Å². The number of carbonyl (C=O) groups is 2. The first kappa shape index (κ1) is 19.0. The Morgan fingerprint density at radius 3 is 2.56 bits per heavy atom. The van der Waals surface area contributed by atoms with Crippen LogP contribution in [0.15, 0.2) is 48.5 Å². The van der Waals surface area contributed by atoms with Crippen molar-refractivity contribution in [2.75, 3.05) is 13.7 Å². The van der Waals surface area contributed by atoms with Crippen LogP contribution in [0.1, 0.15) is 47.2 Å². The van der Waals surface area contributed by atoms with Gasteiger partial charge in [0.1, 0.15) is 5.75 Å². The second kappa shape index (κ2) is 8.25. The second-order valence-corrected chi connectivity index (χ2v) is 7.03. The van der Waals surface area contributed by atoms with Crippen LogP contribution < -0.4 is 10.1 Å². The maximum absolute atomic E-state index is 13.1.